The van der Waals surface area contributed by atoms with Crippen molar-refractivity contribution in [2.75, 3.05) is 5.32 Å². The number of nitrogens with zero attached hydrogens (tertiary/aromatic N) is 3. The van der Waals surface area contributed by atoms with Crippen molar-refractivity contribution in [3.05, 3.63) is 41.3 Å². The zero-order valence-corrected chi connectivity index (χ0v) is 14.7. The second-order valence-corrected chi connectivity index (χ2v) is 6.85. The number of aryl methyl sites for hydroxylation is 2. The third-order valence-corrected chi connectivity index (χ3v) is 4.46. The van der Waals surface area contributed by atoms with E-state index in [-0.39, 0.29) is 12.1 Å². The van der Waals surface area contributed by atoms with Crippen molar-refractivity contribution in [2.24, 2.45) is 13.0 Å². The molecule has 1 fully saturated rings. The lowest BCUT2D eigenvalue weighted by Gasteiger charge is -2.19. The lowest BCUT2D eigenvalue weighted by atomic mass is 10.0. The number of hydrogen-bond acceptors (Lipinski definition) is 3. The number of hydrogen-bond donors (Lipinski definition) is 2. The van der Waals surface area contributed by atoms with Gasteiger partial charge in [-0.25, -0.2) is 4.79 Å². The molecule has 1 unspecified atom stereocenters. The molecule has 1 aliphatic carbocycles. The van der Waals surface area contributed by atoms with Crippen LogP contribution in [0.3, 0.4) is 0 Å². The van der Waals surface area contributed by atoms with Crippen LogP contribution >= 0.6 is 0 Å². The van der Waals surface area contributed by atoms with Crippen LogP contribution in [0.4, 0.5) is 10.6 Å². The van der Waals surface area contributed by atoms with Gasteiger partial charge in [0, 0.05) is 19.3 Å². The van der Waals surface area contributed by atoms with E-state index in [0.717, 1.165) is 29.8 Å². The Kier molecular flexibility index (Phi) is 4.55. The highest BCUT2D eigenvalue weighted by Gasteiger charge is 2.35. The van der Waals surface area contributed by atoms with Crippen molar-refractivity contribution in [2.45, 2.75) is 45.6 Å². The summed E-state index contributed by atoms with van der Waals surface area (Å²) < 4.78 is 1.70. The minimum absolute atomic E-state index is 0.0380. The Morgan fingerprint density at radius 2 is 2.12 bits per heavy atom. The number of nitrogens with one attached hydrogen (secondary N) is 2. The lowest BCUT2D eigenvalue weighted by molar-refractivity contribution is 0.246. The quantitative estimate of drug-likeness (QED) is 0.882. The van der Waals surface area contributed by atoms with Gasteiger partial charge >= 0.3 is 6.03 Å². The SMILES string of the molecule is Cc1cccnc1C(NC(=O)Nc1cc(C(C)C)nn1C)C1CC1. The van der Waals surface area contributed by atoms with Gasteiger partial charge in [0.1, 0.15) is 5.82 Å². The lowest BCUT2D eigenvalue weighted by Crippen LogP contribution is -2.35. The first kappa shape index (κ1) is 16.5. The highest BCUT2D eigenvalue weighted by Crippen LogP contribution is 2.41. The smallest absolute Gasteiger partial charge is 0.320 e. The van der Waals surface area contributed by atoms with E-state index in [1.165, 1.54) is 0 Å². The van der Waals surface area contributed by atoms with E-state index in [4.69, 9.17) is 0 Å². The third kappa shape index (κ3) is 3.58. The largest absolute Gasteiger partial charge is 0.329 e. The molecule has 24 heavy (non-hydrogen) atoms. The van der Waals surface area contributed by atoms with Crippen LogP contribution in [0.2, 0.25) is 0 Å². The van der Waals surface area contributed by atoms with Crippen molar-refractivity contribution in [1.82, 2.24) is 20.1 Å². The van der Waals surface area contributed by atoms with Gasteiger partial charge in [0.15, 0.2) is 0 Å². The topological polar surface area (TPSA) is 71.8 Å². The Morgan fingerprint density at radius 1 is 1.38 bits per heavy atom. The van der Waals surface area contributed by atoms with E-state index in [9.17, 15) is 4.79 Å². The van der Waals surface area contributed by atoms with Crippen molar-refractivity contribution in [3.8, 4) is 0 Å². The van der Waals surface area contributed by atoms with Crippen LogP contribution in [0.5, 0.6) is 0 Å². The predicted molar refractivity (Wildman–Crippen MR) is 93.9 cm³/mol. The van der Waals surface area contributed by atoms with E-state index in [1.807, 2.05) is 32.2 Å². The summed E-state index contributed by atoms with van der Waals surface area (Å²) in [6, 6.07) is 5.63. The number of pyridine rings is 1. The first-order valence-corrected chi connectivity index (χ1v) is 8.48. The maximum absolute atomic E-state index is 12.5. The fourth-order valence-corrected chi connectivity index (χ4v) is 2.84. The van der Waals surface area contributed by atoms with Crippen LogP contribution in [-0.2, 0) is 7.05 Å². The molecule has 0 aromatic carbocycles. The number of carbonyl (C=O) groups is 1. The van der Waals surface area contributed by atoms with Gasteiger partial charge in [-0.3, -0.25) is 15.0 Å². The predicted octanol–water partition coefficient (Wildman–Crippen LogP) is 3.52. The van der Waals surface area contributed by atoms with Crippen LogP contribution in [0.1, 0.15) is 55.6 Å². The fraction of sp³-hybridized carbons (Fsp3) is 0.500. The normalized spacial score (nSPS) is 15.4. The number of rotatable bonds is 5. The molecule has 2 heterocycles. The summed E-state index contributed by atoms with van der Waals surface area (Å²) in [6.07, 6.45) is 4.04. The maximum Gasteiger partial charge on any atom is 0.320 e. The Hall–Kier alpha value is -2.37. The Bertz CT molecular complexity index is 733. The van der Waals surface area contributed by atoms with Gasteiger partial charge in [0.2, 0.25) is 0 Å². The monoisotopic (exact) mass is 327 g/mol. The summed E-state index contributed by atoms with van der Waals surface area (Å²) in [5.41, 5.74) is 3.03. The van der Waals surface area contributed by atoms with E-state index in [2.05, 4.69) is 34.6 Å². The van der Waals surface area contributed by atoms with Crippen molar-refractivity contribution >= 4 is 11.8 Å². The molecule has 1 aliphatic rings. The third-order valence-electron chi connectivity index (χ3n) is 4.46. The van der Waals surface area contributed by atoms with Gasteiger partial charge in [-0.05, 0) is 43.2 Å². The molecule has 6 heteroatoms. The van der Waals surface area contributed by atoms with Gasteiger partial charge in [-0.2, -0.15) is 5.10 Å². The first-order valence-electron chi connectivity index (χ1n) is 8.48. The van der Waals surface area contributed by atoms with Crippen molar-refractivity contribution in [1.29, 1.82) is 0 Å². The molecule has 6 nitrogen and oxygen atoms in total. The van der Waals surface area contributed by atoms with Gasteiger partial charge in [0.25, 0.3) is 0 Å². The zero-order valence-electron chi connectivity index (χ0n) is 14.7. The molecule has 1 saturated carbocycles. The van der Waals surface area contributed by atoms with Gasteiger partial charge in [0.05, 0.1) is 17.4 Å². The Morgan fingerprint density at radius 3 is 2.71 bits per heavy atom. The number of amides is 2. The molecule has 0 radical (unpaired) electrons. The van der Waals surface area contributed by atoms with Crippen LogP contribution in [0.15, 0.2) is 24.4 Å². The van der Waals surface area contributed by atoms with Crippen molar-refractivity contribution < 1.29 is 4.79 Å². The maximum atomic E-state index is 12.5. The first-order chi connectivity index (χ1) is 11.5. The van der Waals surface area contributed by atoms with Crippen LogP contribution in [0, 0.1) is 12.8 Å². The Balaban J connectivity index is 1.72. The molecule has 2 amide bonds. The van der Waals surface area contributed by atoms with Crippen LogP contribution < -0.4 is 10.6 Å². The summed E-state index contributed by atoms with van der Waals surface area (Å²) in [5, 5.41) is 10.4. The molecule has 0 spiro atoms. The molecule has 0 saturated heterocycles. The van der Waals surface area contributed by atoms with E-state index in [1.54, 1.807) is 10.9 Å². The number of aromatic nitrogens is 3. The second-order valence-electron chi connectivity index (χ2n) is 6.85. The zero-order chi connectivity index (χ0) is 17.3. The summed E-state index contributed by atoms with van der Waals surface area (Å²) in [4.78, 5) is 17.0. The second kappa shape index (κ2) is 6.63. The average Bonchev–Trinajstić information content (AvgIpc) is 3.30. The highest BCUT2D eigenvalue weighted by atomic mass is 16.2. The molecule has 1 atom stereocenters. The summed E-state index contributed by atoms with van der Waals surface area (Å²) in [5.74, 6) is 1.50. The Labute approximate surface area is 142 Å². The molecule has 3 rings (SSSR count). The summed E-state index contributed by atoms with van der Waals surface area (Å²) in [6.45, 7) is 6.20. The van der Waals surface area contributed by atoms with E-state index < -0.39 is 0 Å². The summed E-state index contributed by atoms with van der Waals surface area (Å²) in [7, 11) is 1.84. The highest BCUT2D eigenvalue weighted by molar-refractivity contribution is 5.88. The van der Waals surface area contributed by atoms with E-state index in [0.29, 0.717) is 17.7 Å². The van der Waals surface area contributed by atoms with Crippen LogP contribution in [-0.4, -0.2) is 20.8 Å². The molecule has 0 bridgehead atoms. The van der Waals surface area contributed by atoms with E-state index >= 15 is 0 Å². The van der Waals surface area contributed by atoms with Crippen molar-refractivity contribution in [3.63, 3.8) is 0 Å². The number of carbonyl (C=O) groups excluding carboxylic acids is 1. The molecule has 2 aromatic heterocycles. The van der Waals surface area contributed by atoms with Gasteiger partial charge in [-0.1, -0.05) is 19.9 Å². The number of anilines is 1. The van der Waals surface area contributed by atoms with Gasteiger partial charge < -0.3 is 5.32 Å². The van der Waals surface area contributed by atoms with Crippen LogP contribution in [0.25, 0.3) is 0 Å². The summed E-state index contributed by atoms with van der Waals surface area (Å²) >= 11 is 0. The average molecular weight is 327 g/mol. The minimum Gasteiger partial charge on any atom is -0.329 e. The molecule has 2 aromatic rings. The molecular weight excluding hydrogens is 302 g/mol. The number of urea groups is 1. The van der Waals surface area contributed by atoms with Gasteiger partial charge in [-0.15, -0.1) is 0 Å². The molecule has 2 N–H and O–H groups in total. The standard InChI is InChI=1S/C18H25N5O/c1-11(2)14-10-15(23(4)22-14)20-18(24)21-17(13-7-8-13)16-12(3)6-5-9-19-16/h5-6,9-11,13,17H,7-8H2,1-4H3,(H2,20,21,24). The molecular formula is C18H25N5O. The molecule has 0 aliphatic heterocycles. The minimum atomic E-state index is -0.213. The molecule has 128 valence electrons. The fourth-order valence-electron chi connectivity index (χ4n) is 2.84.